The average Bonchev–Trinajstić information content (AvgIpc) is 2.70. The number of nitrogen functional groups attached to an aromatic ring is 1. The number of nitrogens with one attached hydrogen (secondary N) is 1. The molecule has 8 heteroatoms. The predicted octanol–water partition coefficient (Wildman–Crippen LogP) is 2.87. The number of hydrogen-bond donors (Lipinski definition) is 2. The fraction of sp³-hybridized carbons (Fsp3) is 0.400. The number of nitrogens with zero attached hydrogens (tertiary/aromatic N) is 5. The van der Waals surface area contributed by atoms with Crippen LogP contribution in [0.3, 0.4) is 0 Å². The standard InChI is InChI=1S/C20H25N7O/c1-27(2)15-11-24-20(25-12-15)26-14-3-5-16(6-4-14)28-18-10-13(21)9-17-19(18)23-8-7-22-17/h7-12,14,16H,3-6,21H2,1-2H3,(H,24,25,26). The molecule has 2 heterocycles. The molecule has 0 unspecified atom stereocenters. The molecule has 146 valence electrons. The van der Waals surface area contributed by atoms with Gasteiger partial charge in [-0.25, -0.2) is 15.0 Å². The first-order valence-electron chi connectivity index (χ1n) is 9.51. The maximum absolute atomic E-state index is 6.24. The molecule has 0 amide bonds. The molecule has 8 nitrogen and oxygen atoms in total. The first-order chi connectivity index (χ1) is 13.6. The van der Waals surface area contributed by atoms with E-state index >= 15 is 0 Å². The molecule has 0 aliphatic heterocycles. The number of nitrogens with two attached hydrogens (primary N) is 1. The summed E-state index contributed by atoms with van der Waals surface area (Å²) in [5, 5.41) is 3.43. The maximum atomic E-state index is 6.24. The van der Waals surface area contributed by atoms with E-state index in [9.17, 15) is 0 Å². The van der Waals surface area contributed by atoms with E-state index in [1.807, 2.05) is 43.5 Å². The Morgan fingerprint density at radius 3 is 2.43 bits per heavy atom. The lowest BCUT2D eigenvalue weighted by molar-refractivity contribution is 0.152. The molecule has 1 aliphatic carbocycles. The summed E-state index contributed by atoms with van der Waals surface area (Å²) in [6, 6.07) is 4.00. The SMILES string of the molecule is CN(C)c1cnc(NC2CCC(Oc3cc(N)cc4nccnc34)CC2)nc1. The van der Waals surface area contributed by atoms with Gasteiger partial charge in [-0.05, 0) is 31.7 Å². The molecule has 2 aromatic heterocycles. The quantitative estimate of drug-likeness (QED) is 0.653. The van der Waals surface area contributed by atoms with Gasteiger partial charge in [0.2, 0.25) is 5.95 Å². The summed E-state index contributed by atoms with van der Waals surface area (Å²) in [4.78, 5) is 19.5. The van der Waals surface area contributed by atoms with E-state index < -0.39 is 0 Å². The van der Waals surface area contributed by atoms with Gasteiger partial charge >= 0.3 is 0 Å². The third-order valence-electron chi connectivity index (χ3n) is 5.02. The summed E-state index contributed by atoms with van der Waals surface area (Å²) in [7, 11) is 3.95. The van der Waals surface area contributed by atoms with Crippen LogP contribution in [0.4, 0.5) is 17.3 Å². The van der Waals surface area contributed by atoms with Gasteiger partial charge in [0, 0.05) is 44.3 Å². The summed E-state index contributed by atoms with van der Waals surface area (Å²) in [5.41, 5.74) is 9.13. The summed E-state index contributed by atoms with van der Waals surface area (Å²) < 4.78 is 6.24. The van der Waals surface area contributed by atoms with Crippen LogP contribution in [0.2, 0.25) is 0 Å². The molecule has 28 heavy (non-hydrogen) atoms. The van der Waals surface area contributed by atoms with Crippen molar-refractivity contribution in [2.75, 3.05) is 30.0 Å². The number of aromatic nitrogens is 4. The second-order valence-corrected chi connectivity index (χ2v) is 7.34. The topological polar surface area (TPSA) is 102 Å². The van der Waals surface area contributed by atoms with Gasteiger partial charge in [-0.2, -0.15) is 0 Å². The molecule has 0 atom stereocenters. The van der Waals surface area contributed by atoms with Gasteiger partial charge in [0.1, 0.15) is 11.3 Å². The normalized spacial score (nSPS) is 19.4. The summed E-state index contributed by atoms with van der Waals surface area (Å²) in [6.45, 7) is 0. The predicted molar refractivity (Wildman–Crippen MR) is 111 cm³/mol. The third kappa shape index (κ3) is 4.05. The Kier molecular flexibility index (Phi) is 5.10. The molecule has 3 N–H and O–H groups in total. The fourth-order valence-electron chi connectivity index (χ4n) is 3.47. The maximum Gasteiger partial charge on any atom is 0.222 e. The van der Waals surface area contributed by atoms with E-state index in [4.69, 9.17) is 10.5 Å². The smallest absolute Gasteiger partial charge is 0.222 e. The number of fused-ring (bicyclic) bond motifs is 1. The van der Waals surface area contributed by atoms with Crippen LogP contribution in [0.15, 0.2) is 36.9 Å². The molecule has 0 saturated heterocycles. The molecule has 4 rings (SSSR count). The monoisotopic (exact) mass is 379 g/mol. The van der Waals surface area contributed by atoms with E-state index in [0.717, 1.165) is 42.4 Å². The molecule has 1 fully saturated rings. The largest absolute Gasteiger partial charge is 0.488 e. The Morgan fingerprint density at radius 1 is 1.00 bits per heavy atom. The highest BCUT2D eigenvalue weighted by Crippen LogP contribution is 2.30. The second-order valence-electron chi connectivity index (χ2n) is 7.34. The lowest BCUT2D eigenvalue weighted by Crippen LogP contribution is -2.31. The van der Waals surface area contributed by atoms with Crippen molar-refractivity contribution in [3.8, 4) is 5.75 Å². The van der Waals surface area contributed by atoms with E-state index in [-0.39, 0.29) is 6.10 Å². The van der Waals surface area contributed by atoms with Crippen LogP contribution in [-0.4, -0.2) is 46.2 Å². The van der Waals surface area contributed by atoms with E-state index in [0.29, 0.717) is 23.4 Å². The van der Waals surface area contributed by atoms with Crippen molar-refractivity contribution in [3.05, 3.63) is 36.9 Å². The number of hydrogen-bond acceptors (Lipinski definition) is 8. The number of anilines is 3. The average molecular weight is 379 g/mol. The van der Waals surface area contributed by atoms with Crippen molar-refractivity contribution in [2.45, 2.75) is 37.8 Å². The van der Waals surface area contributed by atoms with Crippen LogP contribution in [0, 0.1) is 0 Å². The van der Waals surface area contributed by atoms with Crippen LogP contribution >= 0.6 is 0 Å². The number of rotatable bonds is 5. The third-order valence-corrected chi connectivity index (χ3v) is 5.02. The van der Waals surface area contributed by atoms with Crippen LogP contribution in [0.25, 0.3) is 11.0 Å². The Morgan fingerprint density at radius 2 is 1.71 bits per heavy atom. The summed E-state index contributed by atoms with van der Waals surface area (Å²) in [6.07, 6.45) is 11.0. The zero-order valence-corrected chi connectivity index (χ0v) is 16.2. The molecule has 0 spiro atoms. The highest BCUT2D eigenvalue weighted by molar-refractivity contribution is 5.84. The first kappa shape index (κ1) is 18.2. The lowest BCUT2D eigenvalue weighted by atomic mass is 9.93. The minimum Gasteiger partial charge on any atom is -0.488 e. The summed E-state index contributed by atoms with van der Waals surface area (Å²) >= 11 is 0. The Labute approximate surface area is 164 Å². The molecule has 1 aromatic carbocycles. The van der Waals surface area contributed by atoms with Crippen molar-refractivity contribution in [1.29, 1.82) is 0 Å². The van der Waals surface area contributed by atoms with Gasteiger partial charge in [-0.3, -0.25) is 4.98 Å². The molecule has 1 aliphatic rings. The van der Waals surface area contributed by atoms with Crippen molar-refractivity contribution >= 4 is 28.4 Å². The van der Waals surface area contributed by atoms with Gasteiger partial charge in [-0.1, -0.05) is 0 Å². The zero-order chi connectivity index (χ0) is 19.5. The van der Waals surface area contributed by atoms with Crippen LogP contribution in [-0.2, 0) is 0 Å². The first-order valence-corrected chi connectivity index (χ1v) is 9.51. The molecule has 3 aromatic rings. The second kappa shape index (κ2) is 7.84. The van der Waals surface area contributed by atoms with Crippen LogP contribution in [0.5, 0.6) is 5.75 Å². The van der Waals surface area contributed by atoms with Crippen molar-refractivity contribution in [2.24, 2.45) is 0 Å². The molecule has 0 radical (unpaired) electrons. The van der Waals surface area contributed by atoms with Gasteiger partial charge < -0.3 is 20.7 Å². The minimum atomic E-state index is 0.141. The minimum absolute atomic E-state index is 0.141. The Hall–Kier alpha value is -3.16. The van der Waals surface area contributed by atoms with Crippen molar-refractivity contribution < 1.29 is 4.74 Å². The van der Waals surface area contributed by atoms with Gasteiger partial charge in [0.15, 0.2) is 0 Å². The fourth-order valence-corrected chi connectivity index (χ4v) is 3.47. The Balaban J connectivity index is 1.36. The highest BCUT2D eigenvalue weighted by Gasteiger charge is 2.24. The van der Waals surface area contributed by atoms with E-state index in [1.54, 1.807) is 12.4 Å². The van der Waals surface area contributed by atoms with Crippen molar-refractivity contribution in [3.63, 3.8) is 0 Å². The van der Waals surface area contributed by atoms with Gasteiger partial charge in [0.05, 0.1) is 29.7 Å². The molecule has 0 bridgehead atoms. The number of ether oxygens (including phenoxy) is 1. The van der Waals surface area contributed by atoms with Gasteiger partial charge in [0.25, 0.3) is 0 Å². The zero-order valence-electron chi connectivity index (χ0n) is 16.2. The molecule has 1 saturated carbocycles. The van der Waals surface area contributed by atoms with E-state index in [1.165, 1.54) is 0 Å². The van der Waals surface area contributed by atoms with Gasteiger partial charge in [-0.15, -0.1) is 0 Å². The molecular weight excluding hydrogens is 354 g/mol. The van der Waals surface area contributed by atoms with E-state index in [2.05, 4.69) is 25.3 Å². The highest BCUT2D eigenvalue weighted by atomic mass is 16.5. The number of benzene rings is 1. The van der Waals surface area contributed by atoms with Crippen LogP contribution < -0.4 is 20.7 Å². The van der Waals surface area contributed by atoms with Crippen molar-refractivity contribution in [1.82, 2.24) is 19.9 Å². The van der Waals surface area contributed by atoms with Crippen LogP contribution in [0.1, 0.15) is 25.7 Å². The molecular formula is C20H25N7O. The summed E-state index contributed by atoms with van der Waals surface area (Å²) in [5.74, 6) is 1.38. The lowest BCUT2D eigenvalue weighted by Gasteiger charge is -2.29. The Bertz CT molecular complexity index is 937.